The van der Waals surface area contributed by atoms with E-state index in [0.717, 1.165) is 6.07 Å². The second-order valence-corrected chi connectivity index (χ2v) is 3.51. The molecule has 0 aliphatic rings. The molecule has 0 N–H and O–H groups in total. The Bertz CT molecular complexity index is 537. The molecule has 2 aromatic rings. The molecule has 0 aliphatic heterocycles. The van der Waals surface area contributed by atoms with Crippen LogP contribution < -0.4 is 0 Å². The van der Waals surface area contributed by atoms with Crippen molar-refractivity contribution in [2.45, 2.75) is 12.1 Å². The SMILES string of the molecule is FC(F)(F)C(F)(F)c1cccc2ccc[c]c12. The Labute approximate surface area is 93.7 Å². The van der Waals surface area contributed by atoms with Gasteiger partial charge in [-0.05, 0) is 16.8 Å². The van der Waals surface area contributed by atoms with Crippen molar-refractivity contribution in [3.05, 3.63) is 48.0 Å². The van der Waals surface area contributed by atoms with E-state index < -0.39 is 17.7 Å². The molecule has 0 nitrogen and oxygen atoms in total. The molecular weight excluding hydrogens is 239 g/mol. The highest BCUT2D eigenvalue weighted by Crippen LogP contribution is 2.45. The lowest BCUT2D eigenvalue weighted by molar-refractivity contribution is -0.288. The number of halogens is 5. The summed E-state index contributed by atoms with van der Waals surface area (Å²) >= 11 is 0. The van der Waals surface area contributed by atoms with E-state index in [4.69, 9.17) is 0 Å². The predicted octanol–water partition coefficient (Wildman–Crippen LogP) is 4.29. The number of fused-ring (bicyclic) bond motifs is 1. The van der Waals surface area contributed by atoms with Gasteiger partial charge in [0.2, 0.25) is 0 Å². The maximum Gasteiger partial charge on any atom is 0.458 e. The summed E-state index contributed by atoms with van der Waals surface area (Å²) in [6.07, 6.45) is -5.61. The first-order chi connectivity index (χ1) is 7.84. The first kappa shape index (κ1) is 11.8. The van der Waals surface area contributed by atoms with Gasteiger partial charge in [-0.1, -0.05) is 36.4 Å². The van der Waals surface area contributed by atoms with E-state index in [1.165, 1.54) is 30.3 Å². The number of alkyl halides is 5. The number of hydrogen-bond acceptors (Lipinski definition) is 0. The van der Waals surface area contributed by atoms with Crippen molar-refractivity contribution in [3.63, 3.8) is 0 Å². The van der Waals surface area contributed by atoms with E-state index in [-0.39, 0.29) is 5.39 Å². The molecular formula is C12H6F5. The van der Waals surface area contributed by atoms with Crippen LogP contribution in [0.3, 0.4) is 0 Å². The lowest BCUT2D eigenvalue weighted by Gasteiger charge is -2.21. The monoisotopic (exact) mass is 245 g/mol. The van der Waals surface area contributed by atoms with Crippen LogP contribution in [0.2, 0.25) is 0 Å². The van der Waals surface area contributed by atoms with Crippen LogP contribution >= 0.6 is 0 Å². The van der Waals surface area contributed by atoms with Gasteiger partial charge in [-0.25, -0.2) is 0 Å². The Morgan fingerprint density at radius 3 is 2.18 bits per heavy atom. The Kier molecular flexibility index (Phi) is 2.56. The molecule has 0 aromatic heterocycles. The van der Waals surface area contributed by atoms with Gasteiger partial charge in [-0.2, -0.15) is 22.0 Å². The molecule has 2 aromatic carbocycles. The molecule has 89 valence electrons. The Balaban J connectivity index is 2.72. The second kappa shape index (κ2) is 3.68. The van der Waals surface area contributed by atoms with E-state index in [1.807, 2.05) is 0 Å². The van der Waals surface area contributed by atoms with Crippen LogP contribution in [0.15, 0.2) is 36.4 Å². The molecule has 17 heavy (non-hydrogen) atoms. The normalized spacial score (nSPS) is 13.0. The molecule has 0 spiro atoms. The van der Waals surface area contributed by atoms with Gasteiger partial charge in [-0.15, -0.1) is 0 Å². The minimum Gasteiger partial charge on any atom is -0.191 e. The largest absolute Gasteiger partial charge is 0.458 e. The standard InChI is InChI=1S/C12H6F5/c13-11(14,12(15,16)17)10-7-3-5-8-4-1-2-6-9(8)10/h1-5,7H. The molecule has 0 atom stereocenters. The van der Waals surface area contributed by atoms with Crippen LogP contribution in [0.4, 0.5) is 22.0 Å². The Hall–Kier alpha value is -1.65. The number of rotatable bonds is 1. The van der Waals surface area contributed by atoms with Gasteiger partial charge in [0.05, 0.1) is 0 Å². The zero-order chi connectivity index (χ0) is 12.7. The molecule has 0 amide bonds. The van der Waals surface area contributed by atoms with E-state index in [0.29, 0.717) is 5.39 Å². The summed E-state index contributed by atoms with van der Waals surface area (Å²) < 4.78 is 63.3. The predicted molar refractivity (Wildman–Crippen MR) is 52.7 cm³/mol. The first-order valence-corrected chi connectivity index (χ1v) is 4.68. The number of benzene rings is 2. The van der Waals surface area contributed by atoms with Crippen molar-refractivity contribution in [2.24, 2.45) is 0 Å². The lowest BCUT2D eigenvalue weighted by Crippen LogP contribution is -2.33. The fourth-order valence-corrected chi connectivity index (χ4v) is 1.57. The quantitative estimate of drug-likeness (QED) is 0.657. The van der Waals surface area contributed by atoms with Gasteiger partial charge in [0.1, 0.15) is 0 Å². The molecule has 1 radical (unpaired) electrons. The van der Waals surface area contributed by atoms with Gasteiger partial charge in [0, 0.05) is 5.56 Å². The van der Waals surface area contributed by atoms with Crippen LogP contribution in [0.5, 0.6) is 0 Å². The summed E-state index contributed by atoms with van der Waals surface area (Å²) in [5, 5.41) is 0.0891. The third-order valence-electron chi connectivity index (χ3n) is 2.39. The van der Waals surface area contributed by atoms with Crippen LogP contribution in [0, 0.1) is 6.07 Å². The summed E-state index contributed by atoms with van der Waals surface area (Å²) in [7, 11) is 0. The zero-order valence-electron chi connectivity index (χ0n) is 8.35. The van der Waals surface area contributed by atoms with Crippen LogP contribution in [-0.2, 0) is 5.92 Å². The van der Waals surface area contributed by atoms with Gasteiger partial charge in [-0.3, -0.25) is 0 Å². The highest BCUT2D eigenvalue weighted by Gasteiger charge is 2.59. The van der Waals surface area contributed by atoms with Crippen molar-refractivity contribution in [3.8, 4) is 0 Å². The van der Waals surface area contributed by atoms with Crippen LogP contribution in [0.25, 0.3) is 10.8 Å². The summed E-state index contributed by atoms with van der Waals surface area (Å²) in [5.74, 6) is -4.87. The Morgan fingerprint density at radius 1 is 0.882 bits per heavy atom. The molecule has 0 aliphatic carbocycles. The molecule has 0 saturated carbocycles. The molecule has 0 fully saturated rings. The molecule has 2 rings (SSSR count). The summed E-state index contributed by atoms with van der Waals surface area (Å²) in [6, 6.07) is 10.1. The molecule has 0 bridgehead atoms. The molecule has 0 unspecified atom stereocenters. The summed E-state index contributed by atoms with van der Waals surface area (Å²) in [4.78, 5) is 0. The average Bonchev–Trinajstić information content (AvgIpc) is 2.26. The smallest absolute Gasteiger partial charge is 0.191 e. The number of hydrogen-bond donors (Lipinski definition) is 0. The van der Waals surface area contributed by atoms with Crippen LogP contribution in [0.1, 0.15) is 5.56 Å². The van der Waals surface area contributed by atoms with E-state index in [1.54, 1.807) is 0 Å². The van der Waals surface area contributed by atoms with E-state index in [2.05, 4.69) is 6.07 Å². The second-order valence-electron chi connectivity index (χ2n) is 3.51. The van der Waals surface area contributed by atoms with Crippen molar-refractivity contribution < 1.29 is 22.0 Å². The lowest BCUT2D eigenvalue weighted by atomic mass is 9.99. The first-order valence-electron chi connectivity index (χ1n) is 4.68. The average molecular weight is 245 g/mol. The van der Waals surface area contributed by atoms with Crippen molar-refractivity contribution in [1.82, 2.24) is 0 Å². The van der Waals surface area contributed by atoms with Crippen molar-refractivity contribution in [1.29, 1.82) is 0 Å². The fourth-order valence-electron chi connectivity index (χ4n) is 1.57. The van der Waals surface area contributed by atoms with E-state index in [9.17, 15) is 22.0 Å². The van der Waals surface area contributed by atoms with E-state index >= 15 is 0 Å². The highest BCUT2D eigenvalue weighted by atomic mass is 19.4. The summed E-state index contributed by atoms with van der Waals surface area (Å²) in [5.41, 5.74) is -1.07. The van der Waals surface area contributed by atoms with Crippen molar-refractivity contribution >= 4 is 10.8 Å². The maximum atomic E-state index is 13.2. The van der Waals surface area contributed by atoms with Crippen LogP contribution in [-0.4, -0.2) is 6.18 Å². The fraction of sp³-hybridized carbons (Fsp3) is 0.167. The minimum absolute atomic E-state index is 0.211. The minimum atomic E-state index is -5.61. The maximum absolute atomic E-state index is 13.2. The molecule has 0 heterocycles. The van der Waals surface area contributed by atoms with Gasteiger partial charge < -0.3 is 0 Å². The Morgan fingerprint density at radius 2 is 1.53 bits per heavy atom. The van der Waals surface area contributed by atoms with Crippen molar-refractivity contribution in [2.75, 3.05) is 0 Å². The zero-order valence-corrected chi connectivity index (χ0v) is 8.35. The summed E-state index contributed by atoms with van der Waals surface area (Å²) in [6.45, 7) is 0. The molecule has 5 heteroatoms. The highest BCUT2D eigenvalue weighted by molar-refractivity contribution is 5.85. The third kappa shape index (κ3) is 1.85. The van der Waals surface area contributed by atoms with Gasteiger partial charge in [0.15, 0.2) is 0 Å². The van der Waals surface area contributed by atoms with Gasteiger partial charge >= 0.3 is 12.1 Å². The third-order valence-corrected chi connectivity index (χ3v) is 2.39. The van der Waals surface area contributed by atoms with Gasteiger partial charge in [0.25, 0.3) is 0 Å². The molecule has 0 saturated heterocycles. The topological polar surface area (TPSA) is 0 Å².